The molecule has 1 aromatic rings. The van der Waals surface area contributed by atoms with Gasteiger partial charge in [0.25, 0.3) is 0 Å². The van der Waals surface area contributed by atoms with E-state index in [2.05, 4.69) is 19.2 Å². The highest BCUT2D eigenvalue weighted by atomic mass is 19.1. The topological polar surface area (TPSA) is 55.1 Å². The van der Waals surface area contributed by atoms with E-state index < -0.39 is 5.91 Å². The minimum absolute atomic E-state index is 0.209. The van der Waals surface area contributed by atoms with Gasteiger partial charge in [0.2, 0.25) is 5.91 Å². The maximum absolute atomic E-state index is 13.8. The fourth-order valence-electron chi connectivity index (χ4n) is 2.20. The molecule has 0 aliphatic heterocycles. The molecule has 112 valence electrons. The standard InChI is InChI=1S/C16H25FN2O/c1-3-5-6-12(4-2)10-19-11-14-8-7-13(16(18)20)9-15(14)17/h7-9,12,19H,3-6,10-11H2,1-2H3,(H2,18,20). The molecular formula is C16H25FN2O. The molecule has 0 aliphatic rings. The number of nitrogens with two attached hydrogens (primary N) is 1. The number of carbonyl (C=O) groups excluding carboxylic acids is 1. The van der Waals surface area contributed by atoms with Gasteiger partial charge in [0, 0.05) is 17.7 Å². The van der Waals surface area contributed by atoms with Crippen LogP contribution in [0, 0.1) is 11.7 Å². The molecule has 20 heavy (non-hydrogen) atoms. The van der Waals surface area contributed by atoms with Crippen LogP contribution < -0.4 is 11.1 Å². The summed E-state index contributed by atoms with van der Waals surface area (Å²) in [6, 6.07) is 4.39. The van der Waals surface area contributed by atoms with E-state index in [1.54, 1.807) is 12.1 Å². The van der Waals surface area contributed by atoms with Crippen LogP contribution in [0.2, 0.25) is 0 Å². The number of carbonyl (C=O) groups is 1. The number of unbranched alkanes of at least 4 members (excludes halogenated alkanes) is 1. The zero-order valence-electron chi connectivity index (χ0n) is 12.4. The number of benzene rings is 1. The number of hydrogen-bond acceptors (Lipinski definition) is 2. The predicted molar refractivity (Wildman–Crippen MR) is 79.9 cm³/mol. The van der Waals surface area contributed by atoms with Gasteiger partial charge < -0.3 is 11.1 Å². The second-order valence-electron chi connectivity index (χ2n) is 5.22. The number of primary amides is 1. The largest absolute Gasteiger partial charge is 0.366 e. The number of nitrogens with one attached hydrogen (secondary N) is 1. The molecule has 0 fully saturated rings. The molecule has 1 aromatic carbocycles. The Morgan fingerprint density at radius 3 is 2.70 bits per heavy atom. The highest BCUT2D eigenvalue weighted by molar-refractivity contribution is 5.92. The monoisotopic (exact) mass is 280 g/mol. The Labute approximate surface area is 120 Å². The SMILES string of the molecule is CCCCC(CC)CNCc1ccc(C(N)=O)cc1F. The van der Waals surface area contributed by atoms with Gasteiger partial charge in [-0.25, -0.2) is 4.39 Å². The predicted octanol–water partition coefficient (Wildman–Crippen LogP) is 3.23. The Kier molecular flexibility index (Phi) is 7.23. The van der Waals surface area contributed by atoms with Gasteiger partial charge in [0.15, 0.2) is 0 Å². The fraction of sp³-hybridized carbons (Fsp3) is 0.562. The lowest BCUT2D eigenvalue weighted by Crippen LogP contribution is -2.23. The Hall–Kier alpha value is -1.42. The Balaban J connectivity index is 2.47. The maximum Gasteiger partial charge on any atom is 0.248 e. The summed E-state index contributed by atoms with van der Waals surface area (Å²) in [5.74, 6) is -0.340. The normalized spacial score (nSPS) is 12.3. The van der Waals surface area contributed by atoms with E-state index in [1.807, 2.05) is 0 Å². The van der Waals surface area contributed by atoms with Crippen molar-refractivity contribution in [3.05, 3.63) is 35.1 Å². The number of rotatable bonds is 9. The minimum Gasteiger partial charge on any atom is -0.366 e. The number of halogens is 1. The molecular weight excluding hydrogens is 255 g/mol. The Morgan fingerprint density at radius 2 is 2.15 bits per heavy atom. The first kappa shape index (κ1) is 16.6. The van der Waals surface area contributed by atoms with Crippen LogP contribution in [0.4, 0.5) is 4.39 Å². The first-order chi connectivity index (χ1) is 9.58. The van der Waals surface area contributed by atoms with Gasteiger partial charge in [-0.2, -0.15) is 0 Å². The quantitative estimate of drug-likeness (QED) is 0.729. The van der Waals surface area contributed by atoms with Crippen molar-refractivity contribution < 1.29 is 9.18 Å². The number of amides is 1. The van der Waals surface area contributed by atoms with E-state index in [1.165, 1.54) is 25.3 Å². The molecule has 0 spiro atoms. The molecule has 1 amide bonds. The number of hydrogen-bond donors (Lipinski definition) is 2. The summed E-state index contributed by atoms with van der Waals surface area (Å²) < 4.78 is 13.8. The van der Waals surface area contributed by atoms with Crippen LogP contribution in [0.15, 0.2) is 18.2 Å². The molecule has 3 nitrogen and oxygen atoms in total. The van der Waals surface area contributed by atoms with E-state index in [0.717, 1.165) is 13.0 Å². The summed E-state index contributed by atoms with van der Waals surface area (Å²) in [5.41, 5.74) is 5.89. The lowest BCUT2D eigenvalue weighted by Gasteiger charge is -2.15. The summed E-state index contributed by atoms with van der Waals surface area (Å²) in [7, 11) is 0. The van der Waals surface area contributed by atoms with E-state index >= 15 is 0 Å². The smallest absolute Gasteiger partial charge is 0.248 e. The molecule has 0 heterocycles. The fourth-order valence-corrected chi connectivity index (χ4v) is 2.20. The lowest BCUT2D eigenvalue weighted by atomic mass is 9.99. The van der Waals surface area contributed by atoms with Gasteiger partial charge in [-0.05, 0) is 31.0 Å². The van der Waals surface area contributed by atoms with Crippen LogP contribution in [0.5, 0.6) is 0 Å². The van der Waals surface area contributed by atoms with Crippen molar-refractivity contribution in [1.82, 2.24) is 5.32 Å². The molecule has 0 bridgehead atoms. The maximum atomic E-state index is 13.8. The van der Waals surface area contributed by atoms with Crippen LogP contribution in [0.1, 0.15) is 55.5 Å². The van der Waals surface area contributed by atoms with E-state index in [-0.39, 0.29) is 11.4 Å². The second kappa shape index (κ2) is 8.69. The van der Waals surface area contributed by atoms with Crippen LogP contribution in [-0.4, -0.2) is 12.5 Å². The van der Waals surface area contributed by atoms with Gasteiger partial charge in [-0.15, -0.1) is 0 Å². The van der Waals surface area contributed by atoms with Gasteiger partial charge >= 0.3 is 0 Å². The highest BCUT2D eigenvalue weighted by Crippen LogP contribution is 2.13. The van der Waals surface area contributed by atoms with Gasteiger partial charge in [-0.3, -0.25) is 4.79 Å². The molecule has 0 radical (unpaired) electrons. The van der Waals surface area contributed by atoms with E-state index in [4.69, 9.17) is 5.73 Å². The average Bonchev–Trinajstić information content (AvgIpc) is 2.43. The van der Waals surface area contributed by atoms with Crippen molar-refractivity contribution in [2.24, 2.45) is 11.7 Å². The molecule has 1 unspecified atom stereocenters. The van der Waals surface area contributed by atoms with Gasteiger partial charge in [0.05, 0.1) is 0 Å². The zero-order valence-corrected chi connectivity index (χ0v) is 12.4. The second-order valence-corrected chi connectivity index (χ2v) is 5.22. The third-order valence-electron chi connectivity index (χ3n) is 3.63. The summed E-state index contributed by atoms with van der Waals surface area (Å²) in [6.07, 6.45) is 4.79. The van der Waals surface area contributed by atoms with Crippen molar-refractivity contribution in [3.63, 3.8) is 0 Å². The highest BCUT2D eigenvalue weighted by Gasteiger charge is 2.08. The molecule has 1 atom stereocenters. The lowest BCUT2D eigenvalue weighted by molar-refractivity contribution is 0.1000. The van der Waals surface area contributed by atoms with Crippen LogP contribution in [-0.2, 0) is 6.54 Å². The summed E-state index contributed by atoms with van der Waals surface area (Å²) in [6.45, 7) is 5.75. The molecule has 0 aliphatic carbocycles. The molecule has 0 aromatic heterocycles. The van der Waals surface area contributed by atoms with Crippen molar-refractivity contribution in [2.75, 3.05) is 6.54 Å². The van der Waals surface area contributed by atoms with Crippen LogP contribution in [0.3, 0.4) is 0 Å². The van der Waals surface area contributed by atoms with Gasteiger partial charge in [0.1, 0.15) is 5.82 Å². The summed E-state index contributed by atoms with van der Waals surface area (Å²) in [5, 5.41) is 3.29. The average molecular weight is 280 g/mol. The first-order valence-electron chi connectivity index (χ1n) is 7.37. The molecule has 3 N–H and O–H groups in total. The summed E-state index contributed by atoms with van der Waals surface area (Å²) >= 11 is 0. The van der Waals surface area contributed by atoms with Crippen molar-refractivity contribution in [3.8, 4) is 0 Å². The van der Waals surface area contributed by atoms with Crippen molar-refractivity contribution >= 4 is 5.91 Å². The Morgan fingerprint density at radius 1 is 1.40 bits per heavy atom. The molecule has 0 saturated carbocycles. The van der Waals surface area contributed by atoms with Crippen molar-refractivity contribution in [1.29, 1.82) is 0 Å². The Bertz CT molecular complexity index is 434. The molecule has 1 rings (SSSR count). The molecule has 4 heteroatoms. The van der Waals surface area contributed by atoms with E-state index in [9.17, 15) is 9.18 Å². The third kappa shape index (κ3) is 5.29. The van der Waals surface area contributed by atoms with E-state index in [0.29, 0.717) is 18.0 Å². The van der Waals surface area contributed by atoms with Crippen LogP contribution >= 0.6 is 0 Å². The zero-order chi connectivity index (χ0) is 15.0. The first-order valence-corrected chi connectivity index (χ1v) is 7.37. The van der Waals surface area contributed by atoms with Crippen LogP contribution in [0.25, 0.3) is 0 Å². The third-order valence-corrected chi connectivity index (χ3v) is 3.63. The van der Waals surface area contributed by atoms with Crippen molar-refractivity contribution in [2.45, 2.75) is 46.1 Å². The summed E-state index contributed by atoms with van der Waals surface area (Å²) in [4.78, 5) is 10.9. The molecule has 0 saturated heterocycles. The van der Waals surface area contributed by atoms with Gasteiger partial charge in [-0.1, -0.05) is 39.2 Å². The minimum atomic E-state index is -0.603.